The molecule has 0 saturated carbocycles. The predicted molar refractivity (Wildman–Crippen MR) is 87.8 cm³/mol. The largest absolute Gasteiger partial charge is 0.350 e. The molecule has 0 aliphatic heterocycles. The molecule has 3 aromatic rings. The van der Waals surface area contributed by atoms with Crippen LogP contribution >= 0.6 is 0 Å². The molecule has 25 heavy (non-hydrogen) atoms. The molecule has 1 aromatic heterocycles. The van der Waals surface area contributed by atoms with Crippen molar-refractivity contribution in [3.8, 4) is 0 Å². The molecule has 3 rings (SSSR count). The number of anilines is 2. The van der Waals surface area contributed by atoms with E-state index >= 15 is 0 Å². The normalized spacial score (nSPS) is 10.7. The summed E-state index contributed by atoms with van der Waals surface area (Å²) in [5.41, 5.74) is 0.288. The molecule has 0 saturated heterocycles. The SMILES string of the molecule is CN(CC(=O)Nc1ccc(F)c(F)c1F)c1ncnc2ccccc12. The number of carbonyl (C=O) groups excluding carboxylic acids is 1. The minimum absolute atomic E-state index is 0.167. The highest BCUT2D eigenvalue weighted by Crippen LogP contribution is 2.22. The van der Waals surface area contributed by atoms with E-state index in [9.17, 15) is 18.0 Å². The van der Waals surface area contributed by atoms with Crippen LogP contribution in [0.1, 0.15) is 0 Å². The number of aromatic nitrogens is 2. The fourth-order valence-corrected chi connectivity index (χ4v) is 2.40. The number of nitrogens with one attached hydrogen (secondary N) is 1. The van der Waals surface area contributed by atoms with Gasteiger partial charge in [0.1, 0.15) is 12.1 Å². The number of likely N-dealkylation sites (N-methyl/N-ethyl adjacent to an activating group) is 1. The molecular weight excluding hydrogens is 333 g/mol. The standard InChI is InChI=1S/C17H13F3N4O/c1-24(17-10-4-2-3-5-12(10)21-9-22-17)8-14(25)23-13-7-6-11(18)15(19)16(13)20/h2-7,9H,8H2,1H3,(H,23,25). The lowest BCUT2D eigenvalue weighted by Crippen LogP contribution is -2.31. The van der Waals surface area contributed by atoms with Crippen molar-refractivity contribution in [2.24, 2.45) is 0 Å². The Bertz CT molecular complexity index is 943. The lowest BCUT2D eigenvalue weighted by atomic mass is 10.2. The number of benzene rings is 2. The Balaban J connectivity index is 1.78. The number of hydrogen-bond donors (Lipinski definition) is 1. The van der Waals surface area contributed by atoms with Gasteiger partial charge in [-0.2, -0.15) is 0 Å². The van der Waals surface area contributed by atoms with Crippen molar-refractivity contribution in [1.82, 2.24) is 9.97 Å². The van der Waals surface area contributed by atoms with E-state index in [1.807, 2.05) is 24.3 Å². The average Bonchev–Trinajstić information content (AvgIpc) is 2.61. The Morgan fingerprint density at radius 1 is 1.08 bits per heavy atom. The van der Waals surface area contributed by atoms with Crippen molar-refractivity contribution >= 4 is 28.3 Å². The molecule has 0 aliphatic carbocycles. The summed E-state index contributed by atoms with van der Waals surface area (Å²) in [5, 5.41) is 2.97. The second kappa shape index (κ2) is 6.76. The summed E-state index contributed by atoms with van der Waals surface area (Å²) >= 11 is 0. The maximum absolute atomic E-state index is 13.6. The number of fused-ring (bicyclic) bond motifs is 1. The summed E-state index contributed by atoms with van der Waals surface area (Å²) in [4.78, 5) is 22.0. The molecule has 5 nitrogen and oxygen atoms in total. The second-order valence-electron chi connectivity index (χ2n) is 5.34. The summed E-state index contributed by atoms with van der Waals surface area (Å²) in [6.07, 6.45) is 1.38. The van der Waals surface area contributed by atoms with E-state index in [1.54, 1.807) is 11.9 Å². The van der Waals surface area contributed by atoms with Crippen molar-refractivity contribution in [2.75, 3.05) is 23.8 Å². The lowest BCUT2D eigenvalue weighted by molar-refractivity contribution is -0.114. The van der Waals surface area contributed by atoms with Gasteiger partial charge in [-0.25, -0.2) is 23.1 Å². The van der Waals surface area contributed by atoms with E-state index in [0.29, 0.717) is 11.3 Å². The number of carbonyl (C=O) groups is 1. The molecule has 8 heteroatoms. The molecule has 1 N–H and O–H groups in total. The van der Waals surface area contributed by atoms with Gasteiger partial charge < -0.3 is 10.2 Å². The summed E-state index contributed by atoms with van der Waals surface area (Å²) in [6.45, 7) is -0.167. The third-order valence-electron chi connectivity index (χ3n) is 3.57. The molecule has 0 unspecified atom stereocenters. The van der Waals surface area contributed by atoms with Crippen LogP contribution in [-0.2, 0) is 4.79 Å². The minimum atomic E-state index is -1.63. The van der Waals surface area contributed by atoms with Crippen molar-refractivity contribution in [2.45, 2.75) is 0 Å². The third-order valence-corrected chi connectivity index (χ3v) is 3.57. The summed E-state index contributed by atoms with van der Waals surface area (Å²) in [6, 6.07) is 8.98. The fraction of sp³-hybridized carbons (Fsp3) is 0.118. The van der Waals surface area contributed by atoms with E-state index in [-0.39, 0.29) is 6.54 Å². The smallest absolute Gasteiger partial charge is 0.244 e. The quantitative estimate of drug-likeness (QED) is 0.738. The van der Waals surface area contributed by atoms with E-state index in [1.165, 1.54) is 6.33 Å². The van der Waals surface area contributed by atoms with Crippen LogP contribution in [0.15, 0.2) is 42.7 Å². The molecule has 1 amide bonds. The molecule has 0 fully saturated rings. The number of para-hydroxylation sites is 1. The van der Waals surface area contributed by atoms with Gasteiger partial charge >= 0.3 is 0 Å². The maximum Gasteiger partial charge on any atom is 0.244 e. The van der Waals surface area contributed by atoms with Crippen LogP contribution in [0.25, 0.3) is 10.9 Å². The zero-order chi connectivity index (χ0) is 18.0. The summed E-state index contributed by atoms with van der Waals surface area (Å²) in [5.74, 6) is -4.47. The van der Waals surface area contributed by atoms with Gasteiger partial charge in [0, 0.05) is 12.4 Å². The molecule has 0 bridgehead atoms. The second-order valence-corrected chi connectivity index (χ2v) is 5.34. The molecular formula is C17H13F3N4O. The van der Waals surface area contributed by atoms with E-state index in [4.69, 9.17) is 0 Å². The molecule has 0 aliphatic rings. The van der Waals surface area contributed by atoms with Gasteiger partial charge in [0.05, 0.1) is 17.7 Å². The van der Waals surface area contributed by atoms with Crippen LogP contribution in [0.5, 0.6) is 0 Å². The summed E-state index contributed by atoms with van der Waals surface area (Å²) < 4.78 is 39.8. The lowest BCUT2D eigenvalue weighted by Gasteiger charge is -2.19. The number of rotatable bonds is 4. The number of amides is 1. The Hall–Kier alpha value is -3.16. The average molecular weight is 346 g/mol. The van der Waals surface area contributed by atoms with Gasteiger partial charge in [-0.3, -0.25) is 4.79 Å². The molecule has 0 radical (unpaired) electrons. The van der Waals surface area contributed by atoms with E-state index < -0.39 is 29.0 Å². The van der Waals surface area contributed by atoms with Gasteiger partial charge in [0.2, 0.25) is 5.91 Å². The molecule has 0 spiro atoms. The molecule has 128 valence electrons. The van der Waals surface area contributed by atoms with Crippen LogP contribution in [-0.4, -0.2) is 29.5 Å². The van der Waals surface area contributed by atoms with Crippen LogP contribution in [0, 0.1) is 17.5 Å². The number of nitrogens with zero attached hydrogens (tertiary/aromatic N) is 3. The molecule has 1 heterocycles. The summed E-state index contributed by atoms with van der Waals surface area (Å²) in [7, 11) is 1.63. The Kier molecular flexibility index (Phi) is 4.51. The fourth-order valence-electron chi connectivity index (χ4n) is 2.40. The Morgan fingerprint density at radius 3 is 2.64 bits per heavy atom. The monoisotopic (exact) mass is 346 g/mol. The van der Waals surface area contributed by atoms with Gasteiger partial charge in [0.25, 0.3) is 0 Å². The number of hydrogen-bond acceptors (Lipinski definition) is 4. The zero-order valence-corrected chi connectivity index (χ0v) is 13.1. The van der Waals surface area contributed by atoms with Crippen LogP contribution in [0.4, 0.5) is 24.7 Å². The van der Waals surface area contributed by atoms with Crippen molar-refractivity contribution < 1.29 is 18.0 Å². The zero-order valence-electron chi connectivity index (χ0n) is 13.1. The van der Waals surface area contributed by atoms with Gasteiger partial charge in [0.15, 0.2) is 17.5 Å². The van der Waals surface area contributed by atoms with Crippen LogP contribution in [0.2, 0.25) is 0 Å². The maximum atomic E-state index is 13.6. The number of halogens is 3. The first-order valence-electron chi connectivity index (χ1n) is 7.31. The van der Waals surface area contributed by atoms with Crippen molar-refractivity contribution in [3.05, 3.63) is 60.2 Å². The van der Waals surface area contributed by atoms with Gasteiger partial charge in [-0.1, -0.05) is 12.1 Å². The molecule has 2 aromatic carbocycles. The van der Waals surface area contributed by atoms with E-state index in [0.717, 1.165) is 17.5 Å². The first kappa shape index (κ1) is 16.7. The first-order valence-corrected chi connectivity index (χ1v) is 7.31. The van der Waals surface area contributed by atoms with Crippen molar-refractivity contribution in [3.63, 3.8) is 0 Å². The highest BCUT2D eigenvalue weighted by molar-refractivity contribution is 5.96. The Morgan fingerprint density at radius 2 is 1.84 bits per heavy atom. The molecule has 0 atom stereocenters. The van der Waals surface area contributed by atoms with Gasteiger partial charge in [-0.05, 0) is 24.3 Å². The minimum Gasteiger partial charge on any atom is -0.350 e. The highest BCUT2D eigenvalue weighted by atomic mass is 19.2. The Labute approximate surface area is 141 Å². The topological polar surface area (TPSA) is 58.1 Å². The van der Waals surface area contributed by atoms with Gasteiger partial charge in [-0.15, -0.1) is 0 Å². The first-order chi connectivity index (χ1) is 12.0. The van der Waals surface area contributed by atoms with Crippen molar-refractivity contribution in [1.29, 1.82) is 0 Å². The predicted octanol–water partition coefficient (Wildman–Crippen LogP) is 3.12. The van der Waals surface area contributed by atoms with Crippen LogP contribution in [0.3, 0.4) is 0 Å². The van der Waals surface area contributed by atoms with Crippen LogP contribution < -0.4 is 10.2 Å². The highest BCUT2D eigenvalue weighted by Gasteiger charge is 2.17. The van der Waals surface area contributed by atoms with E-state index in [2.05, 4.69) is 15.3 Å². The third kappa shape index (κ3) is 3.37.